The third-order valence-electron chi connectivity index (χ3n) is 3.24. The predicted molar refractivity (Wildman–Crippen MR) is 99.4 cm³/mol. The summed E-state index contributed by atoms with van der Waals surface area (Å²) < 4.78 is 32.2. The minimum absolute atomic E-state index is 0.0349. The van der Waals surface area contributed by atoms with Crippen molar-refractivity contribution in [3.05, 3.63) is 54.1 Å². The minimum atomic E-state index is -3.81. The quantitative estimate of drug-likeness (QED) is 0.792. The van der Waals surface area contributed by atoms with Gasteiger partial charge >= 0.3 is 0 Å². The number of carbonyl (C=O) groups is 1. The van der Waals surface area contributed by atoms with E-state index in [4.69, 9.17) is 4.74 Å². The highest BCUT2D eigenvalue weighted by atomic mass is 32.2. The van der Waals surface area contributed by atoms with Crippen LogP contribution in [0.15, 0.2) is 48.5 Å². The van der Waals surface area contributed by atoms with Gasteiger partial charge in [-0.1, -0.05) is 18.2 Å². The molecule has 2 rings (SSSR count). The molecule has 0 aliphatic heterocycles. The molecule has 1 amide bonds. The van der Waals surface area contributed by atoms with E-state index in [1.165, 1.54) is 0 Å². The molecule has 0 heterocycles. The van der Waals surface area contributed by atoms with E-state index in [1.807, 2.05) is 32.9 Å². The fourth-order valence-electron chi connectivity index (χ4n) is 2.16. The monoisotopic (exact) mass is 362 g/mol. The van der Waals surface area contributed by atoms with Crippen LogP contribution in [0.5, 0.6) is 5.75 Å². The summed E-state index contributed by atoms with van der Waals surface area (Å²) in [5.41, 5.74) is 1.83. The second-order valence-electron chi connectivity index (χ2n) is 5.92. The van der Waals surface area contributed by atoms with E-state index in [9.17, 15) is 13.2 Å². The van der Waals surface area contributed by atoms with Crippen molar-refractivity contribution in [2.24, 2.45) is 0 Å². The van der Waals surface area contributed by atoms with Crippen molar-refractivity contribution in [2.45, 2.75) is 26.9 Å². The molecular formula is C18H22N2O4S. The highest BCUT2D eigenvalue weighted by Crippen LogP contribution is 2.18. The van der Waals surface area contributed by atoms with Crippen LogP contribution in [0.25, 0.3) is 0 Å². The smallest absolute Gasteiger partial charge is 0.241 e. The Balaban J connectivity index is 1.97. The first kappa shape index (κ1) is 18.8. The lowest BCUT2D eigenvalue weighted by molar-refractivity contribution is -0.113. The summed E-state index contributed by atoms with van der Waals surface area (Å²) in [7, 11) is -3.81. The Morgan fingerprint density at radius 3 is 2.32 bits per heavy atom. The van der Waals surface area contributed by atoms with Gasteiger partial charge in [-0.05, 0) is 56.7 Å². The van der Waals surface area contributed by atoms with Gasteiger partial charge in [0.25, 0.3) is 0 Å². The lowest BCUT2D eigenvalue weighted by Gasteiger charge is -2.12. The molecular weight excluding hydrogens is 340 g/mol. The SMILES string of the molecule is Cc1ccccc1NC(=O)CS(=O)(=O)Nc1ccc(OC(C)C)cc1. The van der Waals surface area contributed by atoms with Crippen LogP contribution >= 0.6 is 0 Å². The van der Waals surface area contributed by atoms with Crippen molar-refractivity contribution in [3.63, 3.8) is 0 Å². The maximum atomic E-state index is 12.1. The Morgan fingerprint density at radius 2 is 1.72 bits per heavy atom. The van der Waals surface area contributed by atoms with E-state index in [-0.39, 0.29) is 6.10 Å². The van der Waals surface area contributed by atoms with Crippen LogP contribution in [0.1, 0.15) is 19.4 Å². The van der Waals surface area contributed by atoms with E-state index in [0.29, 0.717) is 17.1 Å². The Hall–Kier alpha value is -2.54. The van der Waals surface area contributed by atoms with Gasteiger partial charge in [-0.2, -0.15) is 0 Å². The highest BCUT2D eigenvalue weighted by molar-refractivity contribution is 7.93. The summed E-state index contributed by atoms with van der Waals surface area (Å²) in [6.07, 6.45) is 0.0349. The number of aryl methyl sites for hydroxylation is 1. The van der Waals surface area contributed by atoms with E-state index in [0.717, 1.165) is 5.56 Å². The number of ether oxygens (including phenoxy) is 1. The fourth-order valence-corrected chi connectivity index (χ4v) is 3.15. The van der Waals surface area contributed by atoms with Crippen molar-refractivity contribution in [2.75, 3.05) is 15.8 Å². The van der Waals surface area contributed by atoms with Crippen LogP contribution < -0.4 is 14.8 Å². The first-order valence-electron chi connectivity index (χ1n) is 7.88. The molecule has 2 aromatic carbocycles. The summed E-state index contributed by atoms with van der Waals surface area (Å²) in [5, 5.41) is 2.60. The van der Waals surface area contributed by atoms with Crippen molar-refractivity contribution >= 4 is 27.3 Å². The predicted octanol–water partition coefficient (Wildman–Crippen LogP) is 3.16. The van der Waals surface area contributed by atoms with Crippen LogP contribution in [0, 0.1) is 6.92 Å². The van der Waals surface area contributed by atoms with Gasteiger partial charge in [-0.15, -0.1) is 0 Å². The normalized spacial score (nSPS) is 11.2. The topological polar surface area (TPSA) is 84.5 Å². The van der Waals surface area contributed by atoms with Crippen molar-refractivity contribution in [1.29, 1.82) is 0 Å². The Labute approximate surface area is 148 Å². The maximum absolute atomic E-state index is 12.1. The maximum Gasteiger partial charge on any atom is 0.241 e. The van der Waals surface area contributed by atoms with E-state index >= 15 is 0 Å². The molecule has 0 fully saturated rings. The summed E-state index contributed by atoms with van der Waals surface area (Å²) >= 11 is 0. The third kappa shape index (κ3) is 6.11. The number of hydrogen-bond donors (Lipinski definition) is 2. The van der Waals surface area contributed by atoms with Crippen LogP contribution in [0.3, 0.4) is 0 Å². The van der Waals surface area contributed by atoms with Gasteiger partial charge in [0.1, 0.15) is 11.5 Å². The zero-order chi connectivity index (χ0) is 18.4. The molecule has 0 saturated carbocycles. The molecule has 2 aromatic rings. The van der Waals surface area contributed by atoms with Gasteiger partial charge in [0.15, 0.2) is 0 Å². The largest absolute Gasteiger partial charge is 0.491 e. The Bertz CT molecular complexity index is 830. The minimum Gasteiger partial charge on any atom is -0.491 e. The second kappa shape index (κ2) is 8.02. The molecule has 0 spiro atoms. The highest BCUT2D eigenvalue weighted by Gasteiger charge is 2.17. The van der Waals surface area contributed by atoms with E-state index < -0.39 is 21.7 Å². The molecule has 0 aromatic heterocycles. The van der Waals surface area contributed by atoms with E-state index in [1.54, 1.807) is 36.4 Å². The summed E-state index contributed by atoms with van der Waals surface area (Å²) in [4.78, 5) is 12.0. The number of hydrogen-bond acceptors (Lipinski definition) is 4. The molecule has 25 heavy (non-hydrogen) atoms. The zero-order valence-electron chi connectivity index (χ0n) is 14.4. The lowest BCUT2D eigenvalue weighted by atomic mass is 10.2. The average molecular weight is 362 g/mol. The van der Waals surface area contributed by atoms with Gasteiger partial charge in [-0.3, -0.25) is 9.52 Å². The number of carbonyl (C=O) groups excluding carboxylic acids is 1. The van der Waals surface area contributed by atoms with Gasteiger partial charge in [0.05, 0.1) is 6.10 Å². The van der Waals surface area contributed by atoms with Crippen molar-refractivity contribution < 1.29 is 17.9 Å². The first-order chi connectivity index (χ1) is 11.7. The summed E-state index contributed by atoms with van der Waals surface area (Å²) in [6.45, 7) is 5.65. The van der Waals surface area contributed by atoms with Crippen molar-refractivity contribution in [1.82, 2.24) is 0 Å². The molecule has 2 N–H and O–H groups in total. The zero-order valence-corrected chi connectivity index (χ0v) is 15.3. The summed E-state index contributed by atoms with van der Waals surface area (Å²) in [6, 6.07) is 13.7. The Morgan fingerprint density at radius 1 is 1.08 bits per heavy atom. The van der Waals surface area contributed by atoms with Crippen LogP contribution in [-0.4, -0.2) is 26.2 Å². The van der Waals surface area contributed by atoms with Crippen LogP contribution in [0.2, 0.25) is 0 Å². The van der Waals surface area contributed by atoms with Crippen LogP contribution in [-0.2, 0) is 14.8 Å². The van der Waals surface area contributed by atoms with Crippen molar-refractivity contribution in [3.8, 4) is 5.75 Å². The number of sulfonamides is 1. The summed E-state index contributed by atoms with van der Waals surface area (Å²) in [5.74, 6) is -0.609. The first-order valence-corrected chi connectivity index (χ1v) is 9.53. The van der Waals surface area contributed by atoms with Crippen LogP contribution in [0.4, 0.5) is 11.4 Å². The van der Waals surface area contributed by atoms with Gasteiger partial charge in [0.2, 0.25) is 15.9 Å². The standard InChI is InChI=1S/C18H22N2O4S/c1-13(2)24-16-10-8-15(9-11-16)20-25(22,23)12-18(21)19-17-7-5-4-6-14(17)3/h4-11,13,20H,12H2,1-3H3,(H,19,21). The van der Waals surface area contributed by atoms with Gasteiger partial charge < -0.3 is 10.1 Å². The molecule has 0 radical (unpaired) electrons. The molecule has 134 valence electrons. The average Bonchev–Trinajstić information content (AvgIpc) is 2.50. The molecule has 0 unspecified atom stereocenters. The molecule has 0 bridgehead atoms. The van der Waals surface area contributed by atoms with Gasteiger partial charge in [-0.25, -0.2) is 8.42 Å². The number of rotatable bonds is 7. The molecule has 0 saturated heterocycles. The number of para-hydroxylation sites is 1. The molecule has 0 aliphatic rings. The molecule has 0 aliphatic carbocycles. The third-order valence-corrected chi connectivity index (χ3v) is 4.43. The number of nitrogens with one attached hydrogen (secondary N) is 2. The number of benzene rings is 2. The fraction of sp³-hybridized carbons (Fsp3) is 0.278. The molecule has 6 nitrogen and oxygen atoms in total. The Kier molecular flexibility index (Phi) is 6.03. The lowest BCUT2D eigenvalue weighted by Crippen LogP contribution is -2.27. The molecule has 0 atom stereocenters. The molecule has 7 heteroatoms. The number of anilines is 2. The second-order valence-corrected chi connectivity index (χ2v) is 7.64. The number of amides is 1. The van der Waals surface area contributed by atoms with E-state index in [2.05, 4.69) is 10.0 Å². The van der Waals surface area contributed by atoms with Gasteiger partial charge in [0, 0.05) is 11.4 Å².